The first-order valence-corrected chi connectivity index (χ1v) is 11.3. The third-order valence-electron chi connectivity index (χ3n) is 5.10. The first kappa shape index (κ1) is 24.1. The number of rotatable bonds is 7. The zero-order valence-corrected chi connectivity index (χ0v) is 20.4. The van der Waals surface area contributed by atoms with Gasteiger partial charge in [-0.1, -0.05) is 40.9 Å². The Kier molecular flexibility index (Phi) is 7.16. The smallest absolute Gasteiger partial charge is 0.291 e. The summed E-state index contributed by atoms with van der Waals surface area (Å²) in [6, 6.07) is 12.3. The van der Waals surface area contributed by atoms with Crippen molar-refractivity contribution in [3.05, 3.63) is 97.9 Å². The lowest BCUT2D eigenvalue weighted by molar-refractivity contribution is 0.0992. The summed E-state index contributed by atoms with van der Waals surface area (Å²) in [7, 11) is 0. The summed E-state index contributed by atoms with van der Waals surface area (Å²) >= 11 is 18.1. The molecule has 34 heavy (non-hydrogen) atoms. The van der Waals surface area contributed by atoms with Crippen LogP contribution in [0.5, 0.6) is 5.75 Å². The van der Waals surface area contributed by atoms with E-state index in [0.29, 0.717) is 50.1 Å². The fourth-order valence-corrected chi connectivity index (χ4v) is 4.03. The van der Waals surface area contributed by atoms with E-state index in [2.05, 4.69) is 10.4 Å². The fraction of sp³-hybridized carbons (Fsp3) is 0.167. The molecule has 0 fully saturated rings. The highest BCUT2D eigenvalue weighted by molar-refractivity contribution is 6.35. The second kappa shape index (κ2) is 10.1. The molecule has 0 radical (unpaired) electrons. The number of aromatic nitrogens is 2. The van der Waals surface area contributed by atoms with Gasteiger partial charge >= 0.3 is 0 Å². The van der Waals surface area contributed by atoms with Gasteiger partial charge in [-0.25, -0.2) is 4.39 Å². The molecule has 0 bridgehead atoms. The Morgan fingerprint density at radius 3 is 2.62 bits per heavy atom. The second-order valence-electron chi connectivity index (χ2n) is 7.52. The quantitative estimate of drug-likeness (QED) is 0.282. The minimum atomic E-state index is -0.429. The van der Waals surface area contributed by atoms with Gasteiger partial charge < -0.3 is 14.5 Å². The molecular weight excluding hydrogens is 504 g/mol. The van der Waals surface area contributed by atoms with Crippen molar-refractivity contribution in [2.24, 2.45) is 0 Å². The molecule has 0 saturated carbocycles. The summed E-state index contributed by atoms with van der Waals surface area (Å²) in [5.41, 5.74) is 2.61. The van der Waals surface area contributed by atoms with Gasteiger partial charge in [0.05, 0.1) is 28.6 Å². The summed E-state index contributed by atoms with van der Waals surface area (Å²) in [6.07, 6.45) is 0. The number of anilines is 1. The van der Waals surface area contributed by atoms with E-state index in [-0.39, 0.29) is 12.4 Å². The minimum absolute atomic E-state index is 0.0864. The van der Waals surface area contributed by atoms with Gasteiger partial charge in [0, 0.05) is 10.0 Å². The van der Waals surface area contributed by atoms with Crippen molar-refractivity contribution in [1.82, 2.24) is 9.78 Å². The molecule has 2 aromatic carbocycles. The topological polar surface area (TPSA) is 69.3 Å². The molecule has 4 rings (SSSR count). The third-order valence-corrected chi connectivity index (χ3v) is 5.99. The van der Waals surface area contributed by atoms with Crippen LogP contribution in [0.2, 0.25) is 15.1 Å². The molecule has 0 aliphatic carbocycles. The molecule has 2 aromatic heterocycles. The second-order valence-corrected chi connectivity index (χ2v) is 8.77. The molecule has 2 heterocycles. The molecule has 0 spiro atoms. The van der Waals surface area contributed by atoms with Crippen LogP contribution in [0.25, 0.3) is 0 Å². The number of hydrogen-bond donors (Lipinski definition) is 1. The van der Waals surface area contributed by atoms with Crippen molar-refractivity contribution in [2.45, 2.75) is 27.0 Å². The van der Waals surface area contributed by atoms with Gasteiger partial charge in [0.1, 0.15) is 23.9 Å². The van der Waals surface area contributed by atoms with Gasteiger partial charge in [-0.2, -0.15) is 5.10 Å². The van der Waals surface area contributed by atoms with E-state index < -0.39 is 11.7 Å². The predicted molar refractivity (Wildman–Crippen MR) is 130 cm³/mol. The molecule has 0 aliphatic rings. The maximum Gasteiger partial charge on any atom is 0.291 e. The van der Waals surface area contributed by atoms with Gasteiger partial charge in [-0.3, -0.25) is 9.48 Å². The van der Waals surface area contributed by atoms with Gasteiger partial charge in [0.15, 0.2) is 5.76 Å². The highest BCUT2D eigenvalue weighted by Crippen LogP contribution is 2.29. The number of benzene rings is 2. The van der Waals surface area contributed by atoms with E-state index in [1.165, 1.54) is 12.1 Å². The molecular formula is C24H19Cl3FN3O3. The number of aryl methyl sites for hydroxylation is 1. The maximum atomic E-state index is 13.3. The summed E-state index contributed by atoms with van der Waals surface area (Å²) < 4.78 is 26.3. The Morgan fingerprint density at radius 1 is 1.09 bits per heavy atom. The molecule has 176 valence electrons. The monoisotopic (exact) mass is 521 g/mol. The van der Waals surface area contributed by atoms with Gasteiger partial charge in [-0.15, -0.1) is 0 Å². The number of amides is 1. The van der Waals surface area contributed by atoms with Crippen LogP contribution < -0.4 is 10.1 Å². The van der Waals surface area contributed by atoms with E-state index in [9.17, 15) is 9.18 Å². The van der Waals surface area contributed by atoms with Crippen LogP contribution in [-0.4, -0.2) is 15.7 Å². The number of hydrogen-bond acceptors (Lipinski definition) is 4. The van der Waals surface area contributed by atoms with Crippen molar-refractivity contribution in [2.75, 3.05) is 5.32 Å². The summed E-state index contributed by atoms with van der Waals surface area (Å²) in [5.74, 6) is 0.185. The average molecular weight is 523 g/mol. The van der Waals surface area contributed by atoms with E-state index in [4.69, 9.17) is 44.0 Å². The number of carbonyl (C=O) groups is 1. The normalized spacial score (nSPS) is 11.0. The largest absolute Gasteiger partial charge is 0.484 e. The van der Waals surface area contributed by atoms with E-state index in [1.807, 2.05) is 6.92 Å². The first-order valence-electron chi connectivity index (χ1n) is 10.2. The van der Waals surface area contributed by atoms with Crippen LogP contribution in [0, 0.1) is 19.7 Å². The van der Waals surface area contributed by atoms with Crippen molar-refractivity contribution < 1.29 is 18.3 Å². The summed E-state index contributed by atoms with van der Waals surface area (Å²) in [5, 5.41) is 8.51. The summed E-state index contributed by atoms with van der Waals surface area (Å²) in [6.45, 7) is 4.02. The van der Waals surface area contributed by atoms with Crippen LogP contribution in [0.3, 0.4) is 0 Å². The molecule has 0 unspecified atom stereocenters. The lowest BCUT2D eigenvalue weighted by atomic mass is 10.2. The molecule has 0 saturated heterocycles. The Labute approximate surface area is 210 Å². The zero-order valence-electron chi connectivity index (χ0n) is 18.2. The Morgan fingerprint density at radius 2 is 1.88 bits per heavy atom. The molecule has 1 N–H and O–H groups in total. The van der Waals surface area contributed by atoms with Crippen molar-refractivity contribution in [3.63, 3.8) is 0 Å². The average Bonchev–Trinajstić information content (AvgIpc) is 3.35. The summed E-state index contributed by atoms with van der Waals surface area (Å²) in [4.78, 5) is 12.8. The van der Waals surface area contributed by atoms with E-state index in [0.717, 1.165) is 5.69 Å². The van der Waals surface area contributed by atoms with Gasteiger partial charge in [0.25, 0.3) is 5.91 Å². The standard InChI is InChI=1S/C24H19Cl3FN3O3/c1-13-23(14(2)31(30-13)11-15-3-5-17(28)10-19(15)26)29-24(32)22-8-6-18(34-22)12-33-21-7-4-16(25)9-20(21)27/h3-10H,11-12H2,1-2H3,(H,29,32). The van der Waals surface area contributed by atoms with Crippen molar-refractivity contribution in [1.29, 1.82) is 0 Å². The van der Waals surface area contributed by atoms with Gasteiger partial charge in [-0.05, 0) is 61.9 Å². The predicted octanol–water partition coefficient (Wildman–Crippen LogP) is 7.07. The maximum absolute atomic E-state index is 13.3. The first-order chi connectivity index (χ1) is 16.2. The van der Waals surface area contributed by atoms with Crippen LogP contribution in [0.15, 0.2) is 52.9 Å². The van der Waals surface area contributed by atoms with Crippen molar-refractivity contribution >= 4 is 46.4 Å². The molecule has 0 aliphatic heterocycles. The highest BCUT2D eigenvalue weighted by atomic mass is 35.5. The lowest BCUT2D eigenvalue weighted by Crippen LogP contribution is -2.12. The Balaban J connectivity index is 1.43. The van der Waals surface area contributed by atoms with Crippen LogP contribution >= 0.6 is 34.8 Å². The number of nitrogens with zero attached hydrogens (tertiary/aromatic N) is 2. The number of nitrogens with one attached hydrogen (secondary N) is 1. The highest BCUT2D eigenvalue weighted by Gasteiger charge is 2.18. The SMILES string of the molecule is Cc1nn(Cc2ccc(F)cc2Cl)c(C)c1NC(=O)c1ccc(COc2ccc(Cl)cc2Cl)o1. The van der Waals surface area contributed by atoms with Crippen LogP contribution in [0.4, 0.5) is 10.1 Å². The Bertz CT molecular complexity index is 1370. The third kappa shape index (κ3) is 5.38. The van der Waals surface area contributed by atoms with Gasteiger partial charge in [0.2, 0.25) is 0 Å². The fourth-order valence-electron chi connectivity index (χ4n) is 3.34. The molecule has 1 amide bonds. The minimum Gasteiger partial charge on any atom is -0.484 e. The molecule has 0 atom stereocenters. The number of carbonyl (C=O) groups excluding carboxylic acids is 1. The van der Waals surface area contributed by atoms with Crippen LogP contribution in [0.1, 0.15) is 33.3 Å². The number of halogens is 4. The van der Waals surface area contributed by atoms with E-state index >= 15 is 0 Å². The molecule has 10 heteroatoms. The molecule has 6 nitrogen and oxygen atoms in total. The number of furan rings is 1. The lowest BCUT2D eigenvalue weighted by Gasteiger charge is -2.08. The Hall–Kier alpha value is -3.00. The zero-order chi connectivity index (χ0) is 24.4. The number of ether oxygens (including phenoxy) is 1. The van der Waals surface area contributed by atoms with E-state index in [1.54, 1.807) is 48.0 Å². The van der Waals surface area contributed by atoms with Crippen molar-refractivity contribution in [3.8, 4) is 5.75 Å². The van der Waals surface area contributed by atoms with Crippen LogP contribution in [-0.2, 0) is 13.2 Å². The molecule has 4 aromatic rings.